The lowest BCUT2D eigenvalue weighted by molar-refractivity contribution is 0.242. The molecule has 2 rings (SSSR count). The highest BCUT2D eigenvalue weighted by atomic mass is 32.2. The molecule has 4 nitrogen and oxygen atoms in total. The zero-order valence-corrected chi connectivity index (χ0v) is 10.9. The second-order valence-corrected chi connectivity index (χ2v) is 6.98. The average molecular weight is 265 g/mol. The molecule has 0 heterocycles. The lowest BCUT2D eigenvalue weighted by Gasteiger charge is -2.03. The number of sulfone groups is 1. The van der Waals surface area contributed by atoms with Gasteiger partial charge in [0.2, 0.25) is 0 Å². The Bertz CT molecular complexity index is 576. The molecule has 1 aromatic rings. The van der Waals surface area contributed by atoms with Gasteiger partial charge >= 0.3 is 0 Å². The number of hydrogen-bond acceptors (Lipinski definition) is 4. The van der Waals surface area contributed by atoms with Crippen LogP contribution in [0.4, 0.5) is 0 Å². The Hall–Kier alpha value is -1.38. The average Bonchev–Trinajstić information content (AvgIpc) is 3.10. The second-order valence-electron chi connectivity index (χ2n) is 4.57. The monoisotopic (exact) mass is 265 g/mol. The van der Waals surface area contributed by atoms with Gasteiger partial charge < -0.3 is 5.11 Å². The Morgan fingerprint density at radius 2 is 2.00 bits per heavy atom. The van der Waals surface area contributed by atoms with E-state index in [1.807, 2.05) is 24.3 Å². The summed E-state index contributed by atoms with van der Waals surface area (Å²) in [5.74, 6) is -0.427. The summed E-state index contributed by atoms with van der Waals surface area (Å²) >= 11 is 0. The second kappa shape index (κ2) is 4.38. The molecule has 1 aliphatic carbocycles. The van der Waals surface area contributed by atoms with Gasteiger partial charge in [0.05, 0.1) is 17.9 Å². The smallest absolute Gasteiger partial charge is 0.155 e. The lowest BCUT2D eigenvalue weighted by atomic mass is 10.0. The van der Waals surface area contributed by atoms with Crippen LogP contribution in [-0.4, -0.2) is 31.1 Å². The van der Waals surface area contributed by atoms with Crippen molar-refractivity contribution in [2.75, 3.05) is 12.4 Å². The van der Waals surface area contributed by atoms with E-state index in [4.69, 9.17) is 0 Å². The Kier molecular flexibility index (Phi) is 3.18. The van der Waals surface area contributed by atoms with Crippen molar-refractivity contribution in [2.24, 2.45) is 5.41 Å². The molecule has 0 spiro atoms. The van der Waals surface area contributed by atoms with E-state index in [0.717, 1.165) is 5.56 Å². The van der Waals surface area contributed by atoms with Crippen molar-refractivity contribution in [1.82, 2.24) is 0 Å². The van der Waals surface area contributed by atoms with E-state index in [1.54, 1.807) is 19.1 Å². The van der Waals surface area contributed by atoms with Crippen molar-refractivity contribution in [1.29, 1.82) is 5.26 Å². The largest absolute Gasteiger partial charge is 0.395 e. The van der Waals surface area contributed by atoms with Crippen LogP contribution in [0.25, 0.3) is 0 Å². The van der Waals surface area contributed by atoms with Gasteiger partial charge in [-0.2, -0.15) is 5.26 Å². The third kappa shape index (κ3) is 1.73. The molecule has 3 atom stereocenters. The van der Waals surface area contributed by atoms with E-state index < -0.39 is 33.0 Å². The zero-order valence-electron chi connectivity index (χ0n) is 10.1. The zero-order chi connectivity index (χ0) is 13.4. The first-order chi connectivity index (χ1) is 8.53. The highest BCUT2D eigenvalue weighted by Crippen LogP contribution is 2.62. The standard InChI is InChI=1S/C13H15NO3S/c1-2-18(16,17)12-11(13(12,8-14)9-15)10-6-4-3-5-7-10/h3-7,11-12,15H,2,9H2,1H3/t11-,12+,13+/m0/s1. The first-order valence-corrected chi connectivity index (χ1v) is 7.53. The lowest BCUT2D eigenvalue weighted by Crippen LogP contribution is -2.19. The summed E-state index contributed by atoms with van der Waals surface area (Å²) in [4.78, 5) is 0. The van der Waals surface area contributed by atoms with Gasteiger partial charge in [0, 0.05) is 11.7 Å². The highest BCUT2D eigenvalue weighted by molar-refractivity contribution is 7.92. The Balaban J connectivity index is 2.46. The number of aliphatic hydroxyl groups is 1. The summed E-state index contributed by atoms with van der Waals surface area (Å²) in [5.41, 5.74) is -0.369. The Morgan fingerprint density at radius 1 is 1.39 bits per heavy atom. The molecule has 1 N–H and O–H groups in total. The van der Waals surface area contributed by atoms with Crippen molar-refractivity contribution >= 4 is 9.84 Å². The van der Waals surface area contributed by atoms with E-state index >= 15 is 0 Å². The first-order valence-electron chi connectivity index (χ1n) is 5.82. The van der Waals surface area contributed by atoms with Crippen molar-refractivity contribution in [3.05, 3.63) is 35.9 Å². The van der Waals surface area contributed by atoms with Crippen LogP contribution in [0.5, 0.6) is 0 Å². The SMILES string of the molecule is CCS(=O)(=O)[C@@H]1[C@H](c2ccccc2)[C@@]1(C#N)CO. The topological polar surface area (TPSA) is 78.2 Å². The molecule has 0 amide bonds. The Labute approximate surface area is 107 Å². The summed E-state index contributed by atoms with van der Waals surface area (Å²) in [6.45, 7) is 1.14. The fraction of sp³-hybridized carbons (Fsp3) is 0.462. The molecule has 0 aromatic heterocycles. The number of benzene rings is 1. The van der Waals surface area contributed by atoms with Crippen LogP contribution in [0.15, 0.2) is 30.3 Å². The molecule has 18 heavy (non-hydrogen) atoms. The Morgan fingerprint density at radius 3 is 2.44 bits per heavy atom. The fourth-order valence-electron chi connectivity index (χ4n) is 2.60. The minimum absolute atomic E-state index is 0.00949. The van der Waals surface area contributed by atoms with Gasteiger partial charge in [-0.3, -0.25) is 0 Å². The van der Waals surface area contributed by atoms with Gasteiger partial charge in [0.1, 0.15) is 5.41 Å². The van der Waals surface area contributed by atoms with Crippen LogP contribution in [0, 0.1) is 16.7 Å². The molecule has 1 aliphatic rings. The molecule has 5 heteroatoms. The van der Waals surface area contributed by atoms with Crippen molar-refractivity contribution < 1.29 is 13.5 Å². The maximum Gasteiger partial charge on any atom is 0.155 e. The molecular weight excluding hydrogens is 250 g/mol. The van der Waals surface area contributed by atoms with E-state index in [0.29, 0.717) is 0 Å². The van der Waals surface area contributed by atoms with Gasteiger partial charge in [-0.25, -0.2) is 8.42 Å². The number of nitriles is 1. The van der Waals surface area contributed by atoms with Gasteiger partial charge in [0.15, 0.2) is 9.84 Å². The van der Waals surface area contributed by atoms with E-state index in [2.05, 4.69) is 0 Å². The minimum atomic E-state index is -3.34. The molecule has 96 valence electrons. The van der Waals surface area contributed by atoms with Crippen molar-refractivity contribution in [3.63, 3.8) is 0 Å². The van der Waals surface area contributed by atoms with E-state index in [-0.39, 0.29) is 5.75 Å². The summed E-state index contributed by atoms with van der Waals surface area (Å²) in [5, 5.41) is 17.9. The van der Waals surface area contributed by atoms with E-state index in [1.165, 1.54) is 0 Å². The molecule has 0 bridgehead atoms. The normalized spacial score (nSPS) is 30.7. The van der Waals surface area contributed by atoms with Gasteiger partial charge in [-0.05, 0) is 5.56 Å². The highest BCUT2D eigenvalue weighted by Gasteiger charge is 2.71. The quantitative estimate of drug-likeness (QED) is 0.884. The summed E-state index contributed by atoms with van der Waals surface area (Å²) in [6.07, 6.45) is 0. The maximum atomic E-state index is 12.0. The van der Waals surface area contributed by atoms with E-state index in [9.17, 15) is 18.8 Å². The summed E-state index contributed by atoms with van der Waals surface area (Å²) in [7, 11) is -3.34. The number of nitrogens with zero attached hydrogens (tertiary/aromatic N) is 1. The molecular formula is C13H15NO3S. The van der Waals surface area contributed by atoms with Crippen LogP contribution in [0.1, 0.15) is 18.4 Å². The predicted octanol–water partition coefficient (Wildman–Crippen LogP) is 1.09. The van der Waals surface area contributed by atoms with Crippen molar-refractivity contribution in [3.8, 4) is 6.07 Å². The third-order valence-electron chi connectivity index (χ3n) is 3.67. The van der Waals surface area contributed by atoms with Gasteiger partial charge in [-0.1, -0.05) is 37.3 Å². The van der Waals surface area contributed by atoms with Crippen molar-refractivity contribution in [2.45, 2.75) is 18.1 Å². The van der Waals surface area contributed by atoms with Gasteiger partial charge in [-0.15, -0.1) is 0 Å². The summed E-state index contributed by atoms with van der Waals surface area (Å²) in [6, 6.07) is 11.1. The molecule has 1 fully saturated rings. The molecule has 1 aromatic carbocycles. The number of aliphatic hydroxyl groups excluding tert-OH is 1. The summed E-state index contributed by atoms with van der Waals surface area (Å²) < 4.78 is 24.0. The third-order valence-corrected chi connectivity index (χ3v) is 5.95. The number of rotatable bonds is 4. The molecule has 0 saturated heterocycles. The maximum absolute atomic E-state index is 12.0. The fourth-order valence-corrected chi connectivity index (χ4v) is 4.61. The molecule has 0 aliphatic heterocycles. The van der Waals surface area contributed by atoms with Crippen LogP contribution in [0.2, 0.25) is 0 Å². The first kappa shape index (κ1) is 13.1. The molecule has 0 unspecified atom stereocenters. The molecule has 1 saturated carbocycles. The van der Waals surface area contributed by atoms with Crippen LogP contribution >= 0.6 is 0 Å². The number of hydrogen-bond donors (Lipinski definition) is 1. The predicted molar refractivity (Wildman–Crippen MR) is 67.6 cm³/mol. The van der Waals surface area contributed by atoms with Gasteiger partial charge in [0.25, 0.3) is 0 Å². The van der Waals surface area contributed by atoms with Crippen LogP contribution in [-0.2, 0) is 9.84 Å². The van der Waals surface area contributed by atoms with Crippen LogP contribution < -0.4 is 0 Å². The minimum Gasteiger partial charge on any atom is -0.395 e. The van der Waals surface area contributed by atoms with Crippen LogP contribution in [0.3, 0.4) is 0 Å². The molecule has 0 radical (unpaired) electrons.